The number of amides is 2. The molecule has 0 aliphatic carbocycles. The quantitative estimate of drug-likeness (QED) is 0.241. The van der Waals surface area contributed by atoms with E-state index in [-0.39, 0.29) is 5.71 Å². The number of nitrogens with one attached hydrogen (secondary N) is 2. The summed E-state index contributed by atoms with van der Waals surface area (Å²) in [5.74, 6) is -2.52. The van der Waals surface area contributed by atoms with Gasteiger partial charge in [0.15, 0.2) is 0 Å². The van der Waals surface area contributed by atoms with Gasteiger partial charge in [-0.15, -0.1) is 0 Å². The van der Waals surface area contributed by atoms with Crippen LogP contribution in [0.4, 0.5) is 13.2 Å². The van der Waals surface area contributed by atoms with E-state index in [1.54, 1.807) is 24.3 Å². The largest absolute Gasteiger partial charge is 0.534 e. The van der Waals surface area contributed by atoms with Gasteiger partial charge in [-0.2, -0.15) is 26.7 Å². The Kier molecular flexibility index (Phi) is 6.82. The van der Waals surface area contributed by atoms with Crippen molar-refractivity contribution in [1.82, 2.24) is 10.7 Å². The van der Waals surface area contributed by atoms with Crippen molar-refractivity contribution in [2.24, 2.45) is 5.10 Å². The van der Waals surface area contributed by atoms with E-state index in [1.807, 2.05) is 6.92 Å². The molecule has 0 atom stereocenters. The molecule has 8 nitrogen and oxygen atoms in total. The summed E-state index contributed by atoms with van der Waals surface area (Å²) in [4.78, 5) is 23.0. The predicted molar refractivity (Wildman–Crippen MR) is 101 cm³/mol. The van der Waals surface area contributed by atoms with Gasteiger partial charge in [-0.25, -0.2) is 5.43 Å². The number of benzene rings is 2. The molecule has 0 aromatic heterocycles. The molecule has 2 aromatic carbocycles. The Morgan fingerprint density at radius 1 is 0.933 bits per heavy atom. The molecule has 0 fully saturated rings. The molecule has 12 heteroatoms. The Bertz CT molecular complexity index is 1060. The molecule has 0 saturated heterocycles. The van der Waals surface area contributed by atoms with Gasteiger partial charge in [0.2, 0.25) is 0 Å². The van der Waals surface area contributed by atoms with Crippen molar-refractivity contribution in [1.29, 1.82) is 0 Å². The van der Waals surface area contributed by atoms with Crippen LogP contribution in [0.3, 0.4) is 0 Å². The summed E-state index contributed by atoms with van der Waals surface area (Å²) >= 11 is 0. The van der Waals surface area contributed by atoms with Crippen LogP contribution < -0.4 is 14.9 Å². The fourth-order valence-corrected chi connectivity index (χ4v) is 2.58. The van der Waals surface area contributed by atoms with E-state index >= 15 is 0 Å². The highest BCUT2D eigenvalue weighted by molar-refractivity contribution is 7.88. The summed E-state index contributed by atoms with van der Waals surface area (Å²) in [6.45, 7) is 1.85. The minimum Gasteiger partial charge on any atom is -0.376 e. The van der Waals surface area contributed by atoms with Crippen molar-refractivity contribution >= 4 is 27.6 Å². The number of rotatable bonds is 5. The van der Waals surface area contributed by atoms with Crippen LogP contribution in [0.1, 0.15) is 16.7 Å². The van der Waals surface area contributed by atoms with Gasteiger partial charge in [0.1, 0.15) is 5.75 Å². The first kappa shape index (κ1) is 22.9. The van der Waals surface area contributed by atoms with Gasteiger partial charge < -0.3 is 9.50 Å². The number of hydrogen-bond acceptors (Lipinski definition) is 6. The van der Waals surface area contributed by atoms with Gasteiger partial charge in [-0.3, -0.25) is 9.59 Å². The van der Waals surface area contributed by atoms with Crippen LogP contribution in [-0.2, 0) is 19.7 Å². The van der Waals surface area contributed by atoms with Gasteiger partial charge in [0.25, 0.3) is 0 Å². The number of alkyl halides is 3. The van der Waals surface area contributed by atoms with Gasteiger partial charge in [-0.1, -0.05) is 29.8 Å². The molecule has 0 spiro atoms. The van der Waals surface area contributed by atoms with Crippen LogP contribution in [0, 0.1) is 6.92 Å². The molecule has 160 valence electrons. The summed E-state index contributed by atoms with van der Waals surface area (Å²) in [5, 5.41) is 6.05. The van der Waals surface area contributed by atoms with Crippen LogP contribution in [0.5, 0.6) is 5.75 Å². The van der Waals surface area contributed by atoms with Crippen LogP contribution in [0.15, 0.2) is 53.6 Å². The molecule has 0 unspecified atom stereocenters. The first-order valence-corrected chi connectivity index (χ1v) is 9.63. The molecule has 0 aliphatic heterocycles. The summed E-state index contributed by atoms with van der Waals surface area (Å²) < 4.78 is 63.6. The van der Waals surface area contributed by atoms with E-state index in [4.69, 9.17) is 0 Å². The molecule has 30 heavy (non-hydrogen) atoms. The Labute approximate surface area is 169 Å². The van der Waals surface area contributed by atoms with Crippen LogP contribution >= 0.6 is 0 Å². The zero-order valence-corrected chi connectivity index (χ0v) is 16.5. The molecular formula is C18H16F3N3O5S. The summed E-state index contributed by atoms with van der Waals surface area (Å²) in [6, 6.07) is 11.4. The third-order valence-electron chi connectivity index (χ3n) is 3.64. The van der Waals surface area contributed by atoms with E-state index < -0.39 is 33.2 Å². The fraction of sp³-hybridized carbons (Fsp3) is 0.167. The molecule has 0 heterocycles. The second-order valence-electron chi connectivity index (χ2n) is 5.85. The normalized spacial score (nSPS) is 12.2. The van der Waals surface area contributed by atoms with Crippen molar-refractivity contribution in [2.45, 2.75) is 12.4 Å². The number of halogens is 3. The summed E-state index contributed by atoms with van der Waals surface area (Å²) in [7, 11) is -4.54. The zero-order valence-electron chi connectivity index (χ0n) is 15.6. The van der Waals surface area contributed by atoms with Crippen molar-refractivity contribution in [3.05, 3.63) is 65.2 Å². The zero-order chi connectivity index (χ0) is 22.5. The van der Waals surface area contributed by atoms with E-state index in [9.17, 15) is 31.2 Å². The highest BCUT2D eigenvalue weighted by Gasteiger charge is 2.48. The van der Waals surface area contributed by atoms with Crippen LogP contribution in [0.25, 0.3) is 0 Å². The molecule has 0 saturated carbocycles. The monoisotopic (exact) mass is 443 g/mol. The standard InChI is InChI=1S/C18H16F3N3O5S/c1-11-3-5-12(6-4-11)15(23-24-17(26)16(25)22-2)13-7-9-14(10-8-13)29-30(27,28)18(19,20)21/h3-10H,1-2H3,(H,22,25)(H,24,26)/b23-15-. The van der Waals surface area contributed by atoms with Crippen molar-refractivity contribution in [3.63, 3.8) is 0 Å². The fourth-order valence-electron chi connectivity index (χ4n) is 2.12. The van der Waals surface area contributed by atoms with Crippen molar-refractivity contribution in [2.75, 3.05) is 7.05 Å². The molecule has 0 aliphatic rings. The molecule has 2 aromatic rings. The van der Waals surface area contributed by atoms with E-state index in [0.717, 1.165) is 17.7 Å². The average Bonchev–Trinajstić information content (AvgIpc) is 2.68. The van der Waals surface area contributed by atoms with Gasteiger partial charge in [0, 0.05) is 18.2 Å². The predicted octanol–water partition coefficient (Wildman–Crippen LogP) is 1.84. The minimum absolute atomic E-state index is 0.178. The maximum Gasteiger partial charge on any atom is 0.534 e. The second-order valence-corrected chi connectivity index (χ2v) is 7.39. The molecule has 2 N–H and O–H groups in total. The summed E-state index contributed by atoms with van der Waals surface area (Å²) in [5.41, 5.74) is -1.53. The third kappa shape index (κ3) is 5.56. The van der Waals surface area contributed by atoms with Gasteiger partial charge in [0.05, 0.1) is 5.71 Å². The van der Waals surface area contributed by atoms with Gasteiger partial charge >= 0.3 is 27.4 Å². The lowest BCUT2D eigenvalue weighted by molar-refractivity contribution is -0.138. The lowest BCUT2D eigenvalue weighted by Crippen LogP contribution is -2.36. The highest BCUT2D eigenvalue weighted by Crippen LogP contribution is 2.27. The van der Waals surface area contributed by atoms with Crippen LogP contribution in [-0.4, -0.2) is 38.5 Å². The number of hydrazone groups is 1. The Hall–Kier alpha value is -3.41. The number of carbonyl (C=O) groups is 2. The maximum atomic E-state index is 12.4. The van der Waals surface area contributed by atoms with Crippen molar-refractivity contribution < 1.29 is 35.4 Å². The maximum absolute atomic E-state index is 12.4. The number of hydrogen-bond donors (Lipinski definition) is 2. The van der Waals surface area contributed by atoms with E-state index in [2.05, 4.69) is 20.0 Å². The Morgan fingerprint density at radius 2 is 1.43 bits per heavy atom. The first-order valence-electron chi connectivity index (χ1n) is 8.22. The van der Waals surface area contributed by atoms with Gasteiger partial charge in [-0.05, 0) is 31.2 Å². The average molecular weight is 443 g/mol. The smallest absolute Gasteiger partial charge is 0.376 e. The number of likely N-dealkylation sites (N-methyl/N-ethyl adjacent to an activating group) is 1. The molecule has 2 rings (SSSR count). The third-order valence-corrected chi connectivity index (χ3v) is 4.62. The van der Waals surface area contributed by atoms with E-state index in [1.165, 1.54) is 19.2 Å². The summed E-state index contributed by atoms with van der Waals surface area (Å²) in [6.07, 6.45) is 0. The Balaban J connectivity index is 2.38. The molecule has 0 bridgehead atoms. The highest BCUT2D eigenvalue weighted by atomic mass is 32.2. The lowest BCUT2D eigenvalue weighted by Gasteiger charge is -2.11. The van der Waals surface area contributed by atoms with Crippen molar-refractivity contribution in [3.8, 4) is 5.75 Å². The SMILES string of the molecule is CNC(=O)C(=O)N/N=C(/c1ccc(C)cc1)c1ccc(OS(=O)(=O)C(F)(F)F)cc1. The lowest BCUT2D eigenvalue weighted by atomic mass is 10.0. The Morgan fingerprint density at radius 3 is 1.90 bits per heavy atom. The number of aryl methyl sites for hydroxylation is 1. The molecular weight excluding hydrogens is 427 g/mol. The molecule has 2 amide bonds. The van der Waals surface area contributed by atoms with Crippen LogP contribution in [0.2, 0.25) is 0 Å². The first-order chi connectivity index (χ1) is 13.9. The van der Waals surface area contributed by atoms with E-state index in [0.29, 0.717) is 11.1 Å². The minimum atomic E-state index is -5.81. The number of nitrogens with zero attached hydrogens (tertiary/aromatic N) is 1. The molecule has 0 radical (unpaired) electrons. The topological polar surface area (TPSA) is 114 Å². The number of carbonyl (C=O) groups excluding carboxylic acids is 2. The second kappa shape index (κ2) is 8.95.